The van der Waals surface area contributed by atoms with Crippen molar-refractivity contribution in [2.45, 2.75) is 90.8 Å². The Balaban J connectivity index is 1.63. The minimum Gasteiger partial charge on any atom is -0.497 e. The molecule has 1 aromatic carbocycles. The first kappa shape index (κ1) is 27.0. The lowest BCUT2D eigenvalue weighted by molar-refractivity contribution is -0.230. The van der Waals surface area contributed by atoms with Crippen LogP contribution in [0.25, 0.3) is 0 Å². The van der Waals surface area contributed by atoms with Gasteiger partial charge < -0.3 is 18.6 Å². The van der Waals surface area contributed by atoms with E-state index in [1.165, 1.54) is 0 Å². The summed E-state index contributed by atoms with van der Waals surface area (Å²) in [6.07, 6.45) is 1.16. The predicted molar refractivity (Wildman–Crippen MR) is 138 cm³/mol. The van der Waals surface area contributed by atoms with E-state index < -0.39 is 13.9 Å². The summed E-state index contributed by atoms with van der Waals surface area (Å²) in [5, 5.41) is 0.109. The number of methoxy groups -OCH3 is 1. The van der Waals surface area contributed by atoms with Gasteiger partial charge in [0.1, 0.15) is 11.4 Å². The van der Waals surface area contributed by atoms with E-state index >= 15 is 0 Å². The van der Waals surface area contributed by atoms with Crippen molar-refractivity contribution in [1.82, 2.24) is 0 Å². The van der Waals surface area contributed by atoms with Crippen LogP contribution in [0.1, 0.15) is 59.9 Å². The molecule has 0 amide bonds. The van der Waals surface area contributed by atoms with Crippen molar-refractivity contribution in [2.75, 3.05) is 13.7 Å². The van der Waals surface area contributed by atoms with Gasteiger partial charge in [-0.25, -0.2) is 0 Å². The average molecular weight is 489 g/mol. The van der Waals surface area contributed by atoms with Crippen molar-refractivity contribution in [3.8, 4) is 5.75 Å². The van der Waals surface area contributed by atoms with Crippen LogP contribution in [0.3, 0.4) is 0 Å². The number of hydrogen-bond acceptors (Lipinski definition) is 5. The van der Waals surface area contributed by atoms with Gasteiger partial charge in [-0.1, -0.05) is 60.3 Å². The molecule has 2 fully saturated rings. The number of benzene rings is 1. The number of rotatable bonds is 10. The molecule has 1 aliphatic heterocycles. The van der Waals surface area contributed by atoms with Gasteiger partial charge in [0.15, 0.2) is 8.32 Å². The van der Waals surface area contributed by atoms with Crippen LogP contribution >= 0.6 is 0 Å². The minimum atomic E-state index is -1.99. The summed E-state index contributed by atoms with van der Waals surface area (Å²) < 4.78 is 24.1. The number of ether oxygens (including phenoxy) is 3. The first-order chi connectivity index (χ1) is 15.7. The van der Waals surface area contributed by atoms with Crippen LogP contribution < -0.4 is 4.74 Å². The molecule has 0 N–H and O–H groups in total. The molecule has 34 heavy (non-hydrogen) atoms. The number of carbonyl (C=O) groups excluding carboxylic acids is 1. The highest BCUT2D eigenvalue weighted by atomic mass is 28.4. The van der Waals surface area contributed by atoms with Crippen LogP contribution in [0.4, 0.5) is 0 Å². The third-order valence-corrected chi connectivity index (χ3v) is 12.9. The van der Waals surface area contributed by atoms with Crippen molar-refractivity contribution in [1.29, 1.82) is 0 Å². The Morgan fingerprint density at radius 2 is 1.85 bits per heavy atom. The van der Waals surface area contributed by atoms with Gasteiger partial charge in [-0.3, -0.25) is 4.79 Å². The average Bonchev–Trinajstić information content (AvgIpc) is 3.07. The fourth-order valence-corrected chi connectivity index (χ4v) is 6.86. The highest BCUT2D eigenvalue weighted by molar-refractivity contribution is 6.74. The van der Waals surface area contributed by atoms with E-state index in [0.29, 0.717) is 19.6 Å². The predicted octanol–water partition coefficient (Wildman–Crippen LogP) is 6.53. The van der Waals surface area contributed by atoms with Gasteiger partial charge >= 0.3 is 5.97 Å². The molecule has 0 unspecified atom stereocenters. The van der Waals surface area contributed by atoms with E-state index in [2.05, 4.69) is 61.2 Å². The van der Waals surface area contributed by atoms with Crippen LogP contribution in [-0.2, 0) is 25.3 Å². The zero-order valence-electron chi connectivity index (χ0n) is 22.6. The maximum atomic E-state index is 12.5. The smallest absolute Gasteiger partial charge is 0.307 e. The molecule has 3 rings (SSSR count). The Morgan fingerprint density at radius 3 is 2.41 bits per heavy atom. The highest BCUT2D eigenvalue weighted by Gasteiger charge is 2.75. The zero-order chi connectivity index (χ0) is 25.5. The standard InChI is InChI=1S/C28H44O5Si/c1-19(17-31-18-21-11-13-22(30-8)14-12-21)15-20(2)28-23(16-24(29)32-28)25(27(28,6)7)33-34(9,10)26(3,4)5/h11-14,19,23,25H,2,15-18H2,1,3-10H3/t19-,23-,25+,28-/m0/s1. The topological polar surface area (TPSA) is 54.0 Å². The van der Waals surface area contributed by atoms with E-state index in [4.69, 9.17) is 18.6 Å². The van der Waals surface area contributed by atoms with E-state index in [1.54, 1.807) is 7.11 Å². The molecule has 6 heteroatoms. The molecule has 0 spiro atoms. The second-order valence-corrected chi connectivity index (χ2v) is 17.1. The Hall–Kier alpha value is -1.63. The number of hydrogen-bond donors (Lipinski definition) is 0. The van der Waals surface area contributed by atoms with E-state index in [-0.39, 0.29) is 34.4 Å². The third-order valence-electron chi connectivity index (χ3n) is 8.40. The molecule has 1 heterocycles. The minimum absolute atomic E-state index is 0.00165. The SMILES string of the molecule is C=C(C[C@H](C)COCc1ccc(OC)cc1)[C@]12OC(=O)C[C@H]1[C@@H](O[Si](C)(C)C(C)(C)C)C2(C)C. The Labute approximate surface area is 207 Å². The number of esters is 1. The van der Waals surface area contributed by atoms with Crippen LogP contribution in [-0.4, -0.2) is 39.7 Å². The van der Waals surface area contributed by atoms with Crippen LogP contribution in [0.5, 0.6) is 5.75 Å². The van der Waals surface area contributed by atoms with Gasteiger partial charge in [-0.05, 0) is 53.7 Å². The van der Waals surface area contributed by atoms with Gasteiger partial charge in [0, 0.05) is 17.9 Å². The highest BCUT2D eigenvalue weighted by Crippen LogP contribution is 2.66. The maximum Gasteiger partial charge on any atom is 0.307 e. The fourth-order valence-electron chi connectivity index (χ4n) is 5.41. The van der Waals surface area contributed by atoms with Crippen LogP contribution in [0, 0.1) is 17.3 Å². The summed E-state index contributed by atoms with van der Waals surface area (Å²) in [5.74, 6) is 0.997. The van der Waals surface area contributed by atoms with E-state index in [9.17, 15) is 4.79 Å². The summed E-state index contributed by atoms with van der Waals surface area (Å²) in [5.41, 5.74) is 1.13. The molecule has 0 aromatic heterocycles. The Kier molecular flexibility index (Phi) is 7.48. The summed E-state index contributed by atoms with van der Waals surface area (Å²) in [7, 11) is -0.325. The van der Waals surface area contributed by atoms with Crippen molar-refractivity contribution >= 4 is 14.3 Å². The second-order valence-electron chi connectivity index (χ2n) is 12.3. The molecule has 1 saturated carbocycles. The van der Waals surface area contributed by atoms with Crippen LogP contribution in [0.2, 0.25) is 18.1 Å². The maximum absolute atomic E-state index is 12.5. The molecular formula is C28H44O5Si. The molecule has 1 aromatic rings. The van der Waals surface area contributed by atoms with Gasteiger partial charge in [0.05, 0.1) is 26.2 Å². The number of carbonyl (C=O) groups is 1. The van der Waals surface area contributed by atoms with Gasteiger partial charge in [-0.15, -0.1) is 0 Å². The summed E-state index contributed by atoms with van der Waals surface area (Å²) >= 11 is 0. The van der Waals surface area contributed by atoms with Crippen molar-refractivity contribution in [2.24, 2.45) is 17.3 Å². The Morgan fingerprint density at radius 1 is 1.24 bits per heavy atom. The lowest BCUT2D eigenvalue weighted by Gasteiger charge is -2.64. The molecule has 5 nitrogen and oxygen atoms in total. The monoisotopic (exact) mass is 488 g/mol. The first-order valence-electron chi connectivity index (χ1n) is 12.4. The third kappa shape index (κ3) is 4.74. The van der Waals surface area contributed by atoms with Crippen molar-refractivity contribution in [3.05, 3.63) is 42.0 Å². The van der Waals surface area contributed by atoms with E-state index in [1.807, 2.05) is 24.3 Å². The van der Waals surface area contributed by atoms with Crippen molar-refractivity contribution < 1.29 is 23.4 Å². The Bertz CT molecular complexity index is 898. The normalized spacial score (nSPS) is 26.9. The quantitative estimate of drug-likeness (QED) is 0.213. The van der Waals surface area contributed by atoms with Crippen LogP contribution in [0.15, 0.2) is 36.4 Å². The molecule has 0 radical (unpaired) electrons. The molecule has 4 atom stereocenters. The van der Waals surface area contributed by atoms with Crippen molar-refractivity contribution in [3.63, 3.8) is 0 Å². The lowest BCUT2D eigenvalue weighted by Crippen LogP contribution is -2.73. The summed E-state index contributed by atoms with van der Waals surface area (Å²) in [6, 6.07) is 7.92. The molecule has 0 bridgehead atoms. The lowest BCUT2D eigenvalue weighted by atomic mass is 9.47. The van der Waals surface area contributed by atoms with Gasteiger partial charge in [0.2, 0.25) is 0 Å². The molecule has 1 saturated heterocycles. The summed E-state index contributed by atoms with van der Waals surface area (Å²) in [4.78, 5) is 12.5. The summed E-state index contributed by atoms with van der Waals surface area (Å²) in [6.45, 7) is 23.4. The van der Waals surface area contributed by atoms with Gasteiger partial charge in [-0.2, -0.15) is 0 Å². The van der Waals surface area contributed by atoms with Gasteiger partial charge in [0.25, 0.3) is 0 Å². The molecule has 2 aliphatic rings. The first-order valence-corrected chi connectivity index (χ1v) is 15.3. The fraction of sp³-hybridized carbons (Fsp3) is 0.679. The molecule has 1 aliphatic carbocycles. The zero-order valence-corrected chi connectivity index (χ0v) is 23.6. The molecular weight excluding hydrogens is 444 g/mol. The number of fused-ring (bicyclic) bond motifs is 1. The second kappa shape index (κ2) is 9.44. The molecule has 190 valence electrons. The van der Waals surface area contributed by atoms with E-state index in [0.717, 1.165) is 23.3 Å². The largest absolute Gasteiger partial charge is 0.497 e.